The minimum Gasteiger partial charge on any atom is -0.294 e. The summed E-state index contributed by atoms with van der Waals surface area (Å²) in [5, 5.41) is 4.02. The molecule has 0 spiro atoms. The molecule has 0 radical (unpaired) electrons. The first kappa shape index (κ1) is 14.6. The Labute approximate surface area is 119 Å². The van der Waals surface area contributed by atoms with E-state index in [2.05, 4.69) is 10.1 Å². The van der Waals surface area contributed by atoms with E-state index in [0.717, 1.165) is 0 Å². The van der Waals surface area contributed by atoms with Gasteiger partial charge in [-0.1, -0.05) is 11.6 Å². The number of Topliss-reactive ketones (excluding diaryl/α,β-unsaturated/α-hetero) is 1. The van der Waals surface area contributed by atoms with Gasteiger partial charge in [0, 0.05) is 5.69 Å². The molecule has 2 aromatic rings. The van der Waals surface area contributed by atoms with E-state index in [1.807, 2.05) is 0 Å². The molecule has 2 heterocycles. The normalized spacial score (nSPS) is 11.2. The van der Waals surface area contributed by atoms with E-state index in [9.17, 15) is 13.6 Å². The maximum atomic E-state index is 12.9. The van der Waals surface area contributed by atoms with Crippen molar-refractivity contribution >= 4 is 17.4 Å². The second kappa shape index (κ2) is 5.28. The summed E-state index contributed by atoms with van der Waals surface area (Å²) >= 11 is 5.82. The number of alkyl halides is 2. The van der Waals surface area contributed by atoms with Gasteiger partial charge < -0.3 is 0 Å². The first-order valence-corrected chi connectivity index (χ1v) is 6.22. The monoisotopic (exact) mass is 299 g/mol. The van der Waals surface area contributed by atoms with E-state index >= 15 is 0 Å². The number of aromatic nitrogens is 3. The van der Waals surface area contributed by atoms with Crippen LogP contribution in [0.25, 0.3) is 5.82 Å². The van der Waals surface area contributed by atoms with Crippen LogP contribution in [-0.4, -0.2) is 20.5 Å². The SMILES string of the molecule is CC(=O)c1ccc(Cl)nc1-n1nc(C(F)F)c(C)c1C. The summed E-state index contributed by atoms with van der Waals surface area (Å²) in [6.45, 7) is 4.56. The summed E-state index contributed by atoms with van der Waals surface area (Å²) in [6.07, 6.45) is -2.69. The van der Waals surface area contributed by atoms with Crippen LogP contribution in [0.5, 0.6) is 0 Å². The Kier molecular flexibility index (Phi) is 3.85. The van der Waals surface area contributed by atoms with Gasteiger partial charge in [0.1, 0.15) is 10.8 Å². The first-order valence-electron chi connectivity index (χ1n) is 5.85. The highest BCUT2D eigenvalue weighted by Crippen LogP contribution is 2.26. The zero-order chi connectivity index (χ0) is 15.0. The fourth-order valence-electron chi connectivity index (χ4n) is 1.88. The largest absolute Gasteiger partial charge is 0.294 e. The third-order valence-corrected chi connectivity index (χ3v) is 3.29. The van der Waals surface area contributed by atoms with E-state index in [1.165, 1.54) is 23.7 Å². The molecule has 0 atom stereocenters. The predicted molar refractivity (Wildman–Crippen MR) is 70.8 cm³/mol. The van der Waals surface area contributed by atoms with Crippen molar-refractivity contribution in [2.75, 3.05) is 0 Å². The molecule has 2 rings (SSSR count). The molecule has 0 N–H and O–H groups in total. The molecular formula is C13H12ClF2N3O. The van der Waals surface area contributed by atoms with Gasteiger partial charge in [0.15, 0.2) is 11.6 Å². The van der Waals surface area contributed by atoms with Crippen molar-refractivity contribution in [3.05, 3.63) is 39.8 Å². The molecule has 106 valence electrons. The van der Waals surface area contributed by atoms with E-state index in [1.54, 1.807) is 13.8 Å². The van der Waals surface area contributed by atoms with Crippen molar-refractivity contribution in [3.63, 3.8) is 0 Å². The Morgan fingerprint density at radius 2 is 2.00 bits per heavy atom. The summed E-state index contributed by atoms with van der Waals surface area (Å²) < 4.78 is 27.0. The van der Waals surface area contributed by atoms with Crippen molar-refractivity contribution in [1.29, 1.82) is 0 Å². The molecule has 0 aromatic carbocycles. The van der Waals surface area contributed by atoms with Crippen LogP contribution in [0.4, 0.5) is 8.78 Å². The highest BCUT2D eigenvalue weighted by Gasteiger charge is 2.22. The van der Waals surface area contributed by atoms with E-state index in [4.69, 9.17) is 11.6 Å². The molecule has 0 aliphatic rings. The minimum atomic E-state index is -2.69. The quantitative estimate of drug-likeness (QED) is 0.641. The second-order valence-electron chi connectivity index (χ2n) is 4.37. The third kappa shape index (κ3) is 2.43. The number of rotatable bonds is 3. The average molecular weight is 300 g/mol. The molecule has 7 heteroatoms. The number of carbonyl (C=O) groups excluding carboxylic acids is 1. The Morgan fingerprint density at radius 1 is 1.35 bits per heavy atom. The number of nitrogens with zero attached hydrogens (tertiary/aromatic N) is 3. The van der Waals surface area contributed by atoms with Gasteiger partial charge in [0.05, 0.1) is 5.56 Å². The molecule has 0 aliphatic heterocycles. The Bertz CT molecular complexity index is 682. The van der Waals surface area contributed by atoms with Crippen molar-refractivity contribution < 1.29 is 13.6 Å². The van der Waals surface area contributed by atoms with Gasteiger partial charge in [0.25, 0.3) is 6.43 Å². The zero-order valence-electron chi connectivity index (χ0n) is 11.1. The molecule has 0 unspecified atom stereocenters. The topological polar surface area (TPSA) is 47.8 Å². The lowest BCUT2D eigenvalue weighted by Crippen LogP contribution is -2.09. The lowest BCUT2D eigenvalue weighted by atomic mass is 10.2. The van der Waals surface area contributed by atoms with Crippen LogP contribution in [-0.2, 0) is 0 Å². The molecule has 0 aliphatic carbocycles. The molecule has 0 bridgehead atoms. The molecule has 20 heavy (non-hydrogen) atoms. The van der Waals surface area contributed by atoms with E-state index < -0.39 is 6.43 Å². The predicted octanol–water partition coefficient (Wildman–Crippen LogP) is 3.68. The maximum absolute atomic E-state index is 12.9. The second-order valence-corrected chi connectivity index (χ2v) is 4.76. The highest BCUT2D eigenvalue weighted by atomic mass is 35.5. The molecule has 0 saturated carbocycles. The van der Waals surface area contributed by atoms with Crippen molar-refractivity contribution in [1.82, 2.24) is 14.8 Å². The number of carbonyl (C=O) groups is 1. The Hall–Kier alpha value is -1.82. The van der Waals surface area contributed by atoms with E-state index in [0.29, 0.717) is 11.3 Å². The van der Waals surface area contributed by atoms with E-state index in [-0.39, 0.29) is 28.0 Å². The molecule has 0 fully saturated rings. The number of halogens is 3. The summed E-state index contributed by atoms with van der Waals surface area (Å²) in [4.78, 5) is 15.7. The van der Waals surface area contributed by atoms with Gasteiger partial charge in [-0.25, -0.2) is 18.4 Å². The molecule has 2 aromatic heterocycles. The summed E-state index contributed by atoms with van der Waals surface area (Å²) in [5.74, 6) is -0.0761. The lowest BCUT2D eigenvalue weighted by molar-refractivity contribution is 0.101. The number of hydrogen-bond acceptors (Lipinski definition) is 3. The van der Waals surface area contributed by atoms with Crippen LogP contribution in [0, 0.1) is 13.8 Å². The summed E-state index contributed by atoms with van der Waals surface area (Å²) in [7, 11) is 0. The Balaban J connectivity index is 2.71. The fraction of sp³-hybridized carbons (Fsp3) is 0.308. The molecule has 0 amide bonds. The standard InChI is InChI=1S/C13H12ClF2N3O/c1-6-7(2)19(18-11(6)12(15)16)13-9(8(3)20)4-5-10(14)17-13/h4-5,12H,1-3H3. The first-order chi connectivity index (χ1) is 9.32. The molecular weight excluding hydrogens is 288 g/mol. The van der Waals surface area contributed by atoms with Crippen LogP contribution in [0.2, 0.25) is 5.15 Å². The van der Waals surface area contributed by atoms with Crippen LogP contribution >= 0.6 is 11.6 Å². The third-order valence-electron chi connectivity index (χ3n) is 3.08. The number of ketones is 1. The van der Waals surface area contributed by atoms with Crippen LogP contribution in [0.1, 0.15) is 40.7 Å². The zero-order valence-corrected chi connectivity index (χ0v) is 11.9. The molecule has 0 saturated heterocycles. The maximum Gasteiger partial charge on any atom is 0.282 e. The number of pyridine rings is 1. The number of hydrogen-bond donors (Lipinski definition) is 0. The van der Waals surface area contributed by atoms with Gasteiger partial charge in [-0.3, -0.25) is 4.79 Å². The van der Waals surface area contributed by atoms with Gasteiger partial charge in [0.2, 0.25) is 0 Å². The van der Waals surface area contributed by atoms with Crippen molar-refractivity contribution in [3.8, 4) is 5.82 Å². The van der Waals surface area contributed by atoms with Crippen LogP contribution in [0.3, 0.4) is 0 Å². The molecule has 4 nitrogen and oxygen atoms in total. The Morgan fingerprint density at radius 3 is 2.50 bits per heavy atom. The van der Waals surface area contributed by atoms with Gasteiger partial charge in [-0.15, -0.1) is 0 Å². The average Bonchev–Trinajstić information content (AvgIpc) is 2.66. The van der Waals surface area contributed by atoms with Gasteiger partial charge in [-0.05, 0) is 38.5 Å². The smallest absolute Gasteiger partial charge is 0.282 e. The van der Waals surface area contributed by atoms with Gasteiger partial charge in [-0.2, -0.15) is 5.10 Å². The fourth-order valence-corrected chi connectivity index (χ4v) is 2.02. The lowest BCUT2D eigenvalue weighted by Gasteiger charge is -2.08. The van der Waals surface area contributed by atoms with Crippen LogP contribution in [0.15, 0.2) is 12.1 Å². The van der Waals surface area contributed by atoms with Crippen molar-refractivity contribution in [2.45, 2.75) is 27.2 Å². The summed E-state index contributed by atoms with van der Waals surface area (Å²) in [5.41, 5.74) is 0.827. The summed E-state index contributed by atoms with van der Waals surface area (Å²) in [6, 6.07) is 2.98. The highest BCUT2D eigenvalue weighted by molar-refractivity contribution is 6.29. The van der Waals surface area contributed by atoms with Gasteiger partial charge >= 0.3 is 0 Å². The minimum absolute atomic E-state index is 0.163. The van der Waals surface area contributed by atoms with Crippen LogP contribution < -0.4 is 0 Å². The van der Waals surface area contributed by atoms with Crippen molar-refractivity contribution in [2.24, 2.45) is 0 Å².